The molecule has 1 aromatic heterocycles. The Balaban J connectivity index is 1.81. The third-order valence-corrected chi connectivity index (χ3v) is 5.46. The normalized spacial score (nSPS) is 21.7. The quantitative estimate of drug-likeness (QED) is 0.241. The van der Waals surface area contributed by atoms with Crippen molar-refractivity contribution in [3.8, 4) is 0 Å². The predicted molar refractivity (Wildman–Crippen MR) is 106 cm³/mol. The molecule has 0 bridgehead atoms. The van der Waals surface area contributed by atoms with Crippen molar-refractivity contribution in [2.45, 2.75) is 25.5 Å². The molecule has 0 aromatic carbocycles. The van der Waals surface area contributed by atoms with E-state index in [-0.39, 0.29) is 30.5 Å². The summed E-state index contributed by atoms with van der Waals surface area (Å²) in [6.45, 7) is 4.97. The first-order valence-corrected chi connectivity index (χ1v) is 10.4. The zero-order valence-corrected chi connectivity index (χ0v) is 17.2. The first-order valence-electron chi connectivity index (χ1n) is 9.00. The lowest BCUT2D eigenvalue weighted by atomic mass is 10.1. The minimum absolute atomic E-state index is 0.101. The number of aromatic nitrogens is 1. The van der Waals surface area contributed by atoms with Gasteiger partial charge in [0.1, 0.15) is 16.4 Å². The number of hydrogen-bond acceptors (Lipinski definition) is 9. The SMILES string of the molecule is CCOC(=O)C(C(=O)OCC)=C1SCN1c1ccc(C2CNCC(Cl)O2)cn1. The van der Waals surface area contributed by atoms with Crippen LogP contribution in [0.15, 0.2) is 28.9 Å². The molecule has 0 saturated carbocycles. The summed E-state index contributed by atoms with van der Waals surface area (Å²) < 4.78 is 15.8. The van der Waals surface area contributed by atoms with E-state index in [1.807, 2.05) is 12.1 Å². The summed E-state index contributed by atoms with van der Waals surface area (Å²) in [5, 5.41) is 3.69. The number of esters is 2. The molecule has 1 N–H and O–H groups in total. The second-order valence-electron chi connectivity index (χ2n) is 5.97. The molecule has 2 saturated heterocycles. The van der Waals surface area contributed by atoms with Crippen LogP contribution in [0.3, 0.4) is 0 Å². The summed E-state index contributed by atoms with van der Waals surface area (Å²) in [4.78, 5) is 30.8. The number of morpholine rings is 1. The minimum atomic E-state index is -0.695. The van der Waals surface area contributed by atoms with Gasteiger partial charge < -0.3 is 24.4 Å². The highest BCUT2D eigenvalue weighted by atomic mass is 35.5. The van der Waals surface area contributed by atoms with Gasteiger partial charge >= 0.3 is 11.9 Å². The van der Waals surface area contributed by atoms with Gasteiger partial charge in [-0.15, -0.1) is 0 Å². The molecule has 8 nitrogen and oxygen atoms in total. The van der Waals surface area contributed by atoms with Crippen LogP contribution in [0, 0.1) is 0 Å². The molecule has 2 aliphatic rings. The van der Waals surface area contributed by atoms with Gasteiger partial charge in [0.15, 0.2) is 5.57 Å². The van der Waals surface area contributed by atoms with Gasteiger partial charge in [0, 0.05) is 24.8 Å². The number of carbonyl (C=O) groups excluding carboxylic acids is 2. The van der Waals surface area contributed by atoms with Gasteiger partial charge in [-0.1, -0.05) is 29.4 Å². The predicted octanol–water partition coefficient (Wildman–Crippen LogP) is 2.16. The number of carbonyl (C=O) groups is 2. The van der Waals surface area contributed by atoms with Gasteiger partial charge in [0.05, 0.1) is 25.2 Å². The van der Waals surface area contributed by atoms with Crippen molar-refractivity contribution in [2.24, 2.45) is 0 Å². The Morgan fingerprint density at radius 1 is 1.29 bits per heavy atom. The molecule has 2 atom stereocenters. The van der Waals surface area contributed by atoms with Crippen molar-refractivity contribution >= 4 is 41.1 Å². The summed E-state index contributed by atoms with van der Waals surface area (Å²) in [5.74, 6) is -0.205. The zero-order chi connectivity index (χ0) is 20.1. The lowest BCUT2D eigenvalue weighted by Crippen LogP contribution is -2.38. The largest absolute Gasteiger partial charge is 0.462 e. The van der Waals surface area contributed by atoms with Crippen LogP contribution in [0.25, 0.3) is 0 Å². The number of nitrogens with zero attached hydrogens (tertiary/aromatic N) is 2. The van der Waals surface area contributed by atoms with E-state index in [0.29, 0.717) is 29.8 Å². The van der Waals surface area contributed by atoms with Gasteiger partial charge in [-0.05, 0) is 19.9 Å². The molecular weight excluding hydrogens is 406 g/mol. The van der Waals surface area contributed by atoms with E-state index in [1.54, 1.807) is 24.9 Å². The highest BCUT2D eigenvalue weighted by molar-refractivity contribution is 8.05. The van der Waals surface area contributed by atoms with Crippen molar-refractivity contribution in [3.63, 3.8) is 0 Å². The molecule has 10 heteroatoms. The maximum atomic E-state index is 12.3. The number of pyridine rings is 1. The fraction of sp³-hybridized carbons (Fsp3) is 0.500. The van der Waals surface area contributed by atoms with Crippen molar-refractivity contribution in [3.05, 3.63) is 34.5 Å². The molecular formula is C18H22ClN3O5S. The molecule has 0 radical (unpaired) electrons. The van der Waals surface area contributed by atoms with Crippen molar-refractivity contribution in [1.82, 2.24) is 10.3 Å². The van der Waals surface area contributed by atoms with Gasteiger partial charge in [-0.25, -0.2) is 14.6 Å². The third-order valence-electron chi connectivity index (χ3n) is 4.11. The van der Waals surface area contributed by atoms with Crippen LogP contribution < -0.4 is 10.2 Å². The van der Waals surface area contributed by atoms with E-state index in [4.69, 9.17) is 25.8 Å². The number of anilines is 1. The van der Waals surface area contributed by atoms with Crippen LogP contribution >= 0.6 is 23.4 Å². The van der Waals surface area contributed by atoms with E-state index in [9.17, 15) is 9.59 Å². The number of halogens is 1. The Labute approximate surface area is 172 Å². The molecule has 3 rings (SSSR count). The minimum Gasteiger partial charge on any atom is -0.462 e. The van der Waals surface area contributed by atoms with E-state index in [0.717, 1.165) is 5.56 Å². The third kappa shape index (κ3) is 4.60. The van der Waals surface area contributed by atoms with E-state index >= 15 is 0 Å². The van der Waals surface area contributed by atoms with Crippen LogP contribution in [0.4, 0.5) is 5.82 Å². The van der Waals surface area contributed by atoms with E-state index in [1.165, 1.54) is 11.8 Å². The Bertz CT molecular complexity index is 738. The average Bonchev–Trinajstić information content (AvgIpc) is 2.66. The van der Waals surface area contributed by atoms with Crippen LogP contribution in [0.5, 0.6) is 0 Å². The van der Waals surface area contributed by atoms with Crippen LogP contribution in [-0.2, 0) is 23.8 Å². The molecule has 0 spiro atoms. The smallest absolute Gasteiger partial charge is 0.348 e. The zero-order valence-electron chi connectivity index (χ0n) is 15.6. The number of alkyl halides is 1. The number of ether oxygens (including phenoxy) is 3. The van der Waals surface area contributed by atoms with Gasteiger partial charge in [-0.3, -0.25) is 0 Å². The van der Waals surface area contributed by atoms with Gasteiger partial charge in [0.25, 0.3) is 0 Å². The first kappa shape index (κ1) is 20.9. The maximum absolute atomic E-state index is 12.3. The van der Waals surface area contributed by atoms with E-state index in [2.05, 4.69) is 10.3 Å². The molecule has 3 heterocycles. The highest BCUT2D eigenvalue weighted by Gasteiger charge is 2.36. The number of nitrogens with one attached hydrogen (secondary N) is 1. The number of hydrogen-bond donors (Lipinski definition) is 1. The molecule has 28 heavy (non-hydrogen) atoms. The average molecular weight is 428 g/mol. The maximum Gasteiger partial charge on any atom is 0.348 e. The molecule has 2 aliphatic heterocycles. The Morgan fingerprint density at radius 2 is 2.00 bits per heavy atom. The van der Waals surface area contributed by atoms with E-state index < -0.39 is 11.9 Å². The molecule has 2 unspecified atom stereocenters. The monoisotopic (exact) mass is 427 g/mol. The Hall–Kier alpha value is -1.81. The molecule has 152 valence electrons. The van der Waals surface area contributed by atoms with Gasteiger partial charge in [0.2, 0.25) is 0 Å². The van der Waals surface area contributed by atoms with Crippen LogP contribution in [0.2, 0.25) is 0 Å². The fourth-order valence-electron chi connectivity index (χ4n) is 2.78. The van der Waals surface area contributed by atoms with Crippen LogP contribution in [0.1, 0.15) is 25.5 Å². The second kappa shape index (κ2) is 9.60. The lowest BCUT2D eigenvalue weighted by Gasteiger charge is -2.35. The summed E-state index contributed by atoms with van der Waals surface area (Å²) in [5.41, 5.74) is 0.420. The molecule has 0 amide bonds. The van der Waals surface area contributed by atoms with Crippen LogP contribution in [-0.4, -0.2) is 54.7 Å². The highest BCUT2D eigenvalue weighted by Crippen LogP contribution is 2.40. The number of thioether (sulfide) groups is 1. The first-order chi connectivity index (χ1) is 13.5. The van der Waals surface area contributed by atoms with Crippen molar-refractivity contribution in [2.75, 3.05) is 37.1 Å². The Morgan fingerprint density at radius 3 is 2.50 bits per heavy atom. The molecule has 1 aromatic rings. The number of rotatable bonds is 6. The van der Waals surface area contributed by atoms with Crippen molar-refractivity contribution < 1.29 is 23.8 Å². The standard InChI is InChI=1S/C18H22ClN3O5S/c1-3-25-17(23)15(18(24)26-4-2)16-22(10-28-16)14-6-5-11(7-21-14)12-8-20-9-13(19)27-12/h5-7,12-13,20H,3-4,8-10H2,1-2H3. The summed E-state index contributed by atoms with van der Waals surface area (Å²) in [7, 11) is 0. The molecule has 2 fully saturated rings. The summed E-state index contributed by atoms with van der Waals surface area (Å²) in [6.07, 6.45) is 1.54. The summed E-state index contributed by atoms with van der Waals surface area (Å²) >= 11 is 7.40. The fourth-order valence-corrected chi connectivity index (χ4v) is 3.94. The second-order valence-corrected chi connectivity index (χ2v) is 7.39. The summed E-state index contributed by atoms with van der Waals surface area (Å²) in [6, 6.07) is 3.73. The van der Waals surface area contributed by atoms with Crippen molar-refractivity contribution in [1.29, 1.82) is 0 Å². The molecule has 0 aliphatic carbocycles. The van der Waals surface area contributed by atoms with Gasteiger partial charge in [-0.2, -0.15) is 0 Å². The lowest BCUT2D eigenvalue weighted by molar-refractivity contribution is -0.146. The Kier molecular flexibility index (Phi) is 7.17. The topological polar surface area (TPSA) is 90.0 Å².